The van der Waals surface area contributed by atoms with E-state index < -0.39 is 0 Å². The molecule has 2 aromatic rings. The summed E-state index contributed by atoms with van der Waals surface area (Å²) in [5.41, 5.74) is 4.47. The molecule has 0 saturated carbocycles. The highest BCUT2D eigenvalue weighted by Crippen LogP contribution is 2.44. The van der Waals surface area contributed by atoms with E-state index in [1.165, 1.54) is 19.4 Å². The van der Waals surface area contributed by atoms with Crippen LogP contribution in [-0.4, -0.2) is 43.2 Å². The number of hydrogen-bond donors (Lipinski definition) is 0. The third-order valence-electron chi connectivity index (χ3n) is 6.23. The van der Waals surface area contributed by atoms with Crippen molar-refractivity contribution in [2.75, 3.05) is 32.8 Å². The zero-order chi connectivity index (χ0) is 20.0. The smallest absolute Gasteiger partial charge is 0.318 e. The maximum atomic E-state index is 13.1. The van der Waals surface area contributed by atoms with E-state index in [4.69, 9.17) is 4.74 Å². The molecule has 0 aliphatic heterocycles. The van der Waals surface area contributed by atoms with Crippen LogP contribution in [0.4, 0.5) is 0 Å². The lowest BCUT2D eigenvalue weighted by Crippen LogP contribution is -2.51. The van der Waals surface area contributed by atoms with Gasteiger partial charge in [0.2, 0.25) is 0 Å². The van der Waals surface area contributed by atoms with Crippen LogP contribution < -0.4 is 0 Å². The highest BCUT2D eigenvalue weighted by atomic mass is 16.5. The number of hydrogen-bond acceptors (Lipinski definition) is 2. The predicted octanol–water partition coefficient (Wildman–Crippen LogP) is 5.39. The number of esters is 1. The fourth-order valence-corrected chi connectivity index (χ4v) is 4.61. The Morgan fingerprint density at radius 2 is 1.46 bits per heavy atom. The molecular weight excluding hydrogens is 346 g/mol. The quantitative estimate of drug-likeness (QED) is 0.408. The molecule has 0 N–H and O–H groups in total. The summed E-state index contributed by atoms with van der Waals surface area (Å²) in [6.45, 7) is 11.6. The lowest BCUT2D eigenvalue weighted by atomic mass is 9.97. The summed E-state index contributed by atoms with van der Waals surface area (Å²) in [4.78, 5) is 13.1. The normalized spacial score (nSPS) is 15.0. The van der Waals surface area contributed by atoms with E-state index in [9.17, 15) is 4.79 Å². The standard InChI is InChI=1S/C25H34NO2/c1-4-7-17-26(6-3,16-5-2)18-19-28-25(27)24-22-14-10-8-12-20(22)21-13-9-11-15-23(21)24/h8-15,24H,4-7,16-19H2,1-3H3/q+1. The lowest BCUT2D eigenvalue weighted by Gasteiger charge is -2.37. The highest BCUT2D eigenvalue weighted by Gasteiger charge is 2.35. The number of carbonyl (C=O) groups excluding carboxylic acids is 1. The first kappa shape index (κ1) is 20.6. The summed E-state index contributed by atoms with van der Waals surface area (Å²) in [6, 6.07) is 16.4. The van der Waals surface area contributed by atoms with Gasteiger partial charge in [0.25, 0.3) is 0 Å². The van der Waals surface area contributed by atoms with Crippen LogP contribution in [0.2, 0.25) is 0 Å². The fraction of sp³-hybridized carbons (Fsp3) is 0.480. The Morgan fingerprint density at radius 1 is 0.857 bits per heavy atom. The molecule has 1 unspecified atom stereocenters. The molecule has 0 spiro atoms. The molecule has 0 saturated heterocycles. The molecule has 0 aromatic heterocycles. The number of unbranched alkanes of at least 4 members (excludes halogenated alkanes) is 1. The number of rotatable bonds is 10. The van der Waals surface area contributed by atoms with Crippen LogP contribution in [0.3, 0.4) is 0 Å². The molecule has 0 heterocycles. The molecule has 2 aromatic carbocycles. The SMILES string of the molecule is CCCC[N+](CC)(CCC)CCOC(=O)C1c2ccccc2-c2ccccc21. The van der Waals surface area contributed by atoms with Gasteiger partial charge in [0.05, 0.1) is 19.6 Å². The van der Waals surface area contributed by atoms with Crippen LogP contribution in [0.1, 0.15) is 57.1 Å². The predicted molar refractivity (Wildman–Crippen MR) is 115 cm³/mol. The van der Waals surface area contributed by atoms with E-state index in [2.05, 4.69) is 45.0 Å². The minimum absolute atomic E-state index is 0.112. The van der Waals surface area contributed by atoms with Crippen molar-refractivity contribution in [3.8, 4) is 11.1 Å². The van der Waals surface area contributed by atoms with Gasteiger partial charge in [0, 0.05) is 0 Å². The van der Waals surface area contributed by atoms with Crippen LogP contribution in [0.5, 0.6) is 0 Å². The Morgan fingerprint density at radius 3 is 2.00 bits per heavy atom. The van der Waals surface area contributed by atoms with E-state index >= 15 is 0 Å². The van der Waals surface area contributed by atoms with Crippen LogP contribution in [0, 0.1) is 0 Å². The summed E-state index contributed by atoms with van der Waals surface area (Å²) >= 11 is 0. The Balaban J connectivity index is 1.71. The average Bonchev–Trinajstić information content (AvgIpc) is 3.06. The van der Waals surface area contributed by atoms with Gasteiger partial charge < -0.3 is 9.22 Å². The minimum Gasteiger partial charge on any atom is -0.459 e. The summed E-state index contributed by atoms with van der Waals surface area (Å²) < 4.78 is 6.92. The number of benzene rings is 2. The van der Waals surface area contributed by atoms with Gasteiger partial charge in [-0.3, -0.25) is 4.79 Å². The van der Waals surface area contributed by atoms with Crippen LogP contribution >= 0.6 is 0 Å². The van der Waals surface area contributed by atoms with Crippen molar-refractivity contribution in [1.82, 2.24) is 0 Å². The van der Waals surface area contributed by atoms with Gasteiger partial charge in [0.15, 0.2) is 0 Å². The van der Waals surface area contributed by atoms with Gasteiger partial charge in [-0.2, -0.15) is 0 Å². The third kappa shape index (κ3) is 4.15. The van der Waals surface area contributed by atoms with Crippen molar-refractivity contribution in [3.05, 3.63) is 59.7 Å². The summed E-state index contributed by atoms with van der Waals surface area (Å²) in [7, 11) is 0. The first-order valence-electron chi connectivity index (χ1n) is 10.9. The van der Waals surface area contributed by atoms with E-state index in [0.29, 0.717) is 6.61 Å². The molecule has 1 atom stereocenters. The zero-order valence-corrected chi connectivity index (χ0v) is 17.6. The molecular formula is C25H34NO2+. The van der Waals surface area contributed by atoms with Gasteiger partial charge in [-0.05, 0) is 42.0 Å². The lowest BCUT2D eigenvalue weighted by molar-refractivity contribution is -0.927. The molecule has 0 fully saturated rings. The average molecular weight is 381 g/mol. The highest BCUT2D eigenvalue weighted by molar-refractivity contribution is 5.93. The number of carbonyl (C=O) groups is 1. The van der Waals surface area contributed by atoms with Crippen LogP contribution in [0.25, 0.3) is 11.1 Å². The first-order valence-corrected chi connectivity index (χ1v) is 10.9. The summed E-state index contributed by atoms with van der Waals surface area (Å²) in [5.74, 6) is -0.406. The van der Waals surface area contributed by atoms with Crippen LogP contribution in [0.15, 0.2) is 48.5 Å². The van der Waals surface area contributed by atoms with Crippen molar-refractivity contribution >= 4 is 5.97 Å². The first-order chi connectivity index (χ1) is 13.7. The Labute approximate surface area is 169 Å². The van der Waals surface area contributed by atoms with Crippen molar-refractivity contribution < 1.29 is 14.0 Å². The number of nitrogens with zero attached hydrogens (tertiary/aromatic N) is 1. The van der Waals surface area contributed by atoms with Gasteiger partial charge in [-0.1, -0.05) is 68.8 Å². The summed E-state index contributed by atoms with van der Waals surface area (Å²) in [5, 5.41) is 0. The third-order valence-corrected chi connectivity index (χ3v) is 6.23. The second-order valence-corrected chi connectivity index (χ2v) is 7.96. The Hall–Kier alpha value is -2.13. The molecule has 3 rings (SSSR count). The summed E-state index contributed by atoms with van der Waals surface area (Å²) in [6.07, 6.45) is 3.60. The molecule has 0 amide bonds. The maximum Gasteiger partial charge on any atom is 0.318 e. The number of fused-ring (bicyclic) bond motifs is 3. The number of quaternary nitrogens is 1. The van der Waals surface area contributed by atoms with E-state index in [1.807, 2.05) is 24.3 Å². The second-order valence-electron chi connectivity index (χ2n) is 7.96. The number of likely N-dealkylation sites (N-methyl/N-ethyl adjacent to an activating group) is 1. The fourth-order valence-electron chi connectivity index (χ4n) is 4.61. The molecule has 1 aliphatic carbocycles. The molecule has 28 heavy (non-hydrogen) atoms. The Kier molecular flexibility index (Phi) is 6.90. The monoisotopic (exact) mass is 380 g/mol. The molecule has 3 heteroatoms. The maximum absolute atomic E-state index is 13.1. The topological polar surface area (TPSA) is 26.3 Å². The molecule has 1 aliphatic rings. The van der Waals surface area contributed by atoms with Gasteiger partial charge in [0.1, 0.15) is 19.1 Å². The largest absolute Gasteiger partial charge is 0.459 e. The molecule has 150 valence electrons. The number of ether oxygens (including phenoxy) is 1. The van der Waals surface area contributed by atoms with E-state index in [0.717, 1.165) is 52.8 Å². The van der Waals surface area contributed by atoms with Crippen LogP contribution in [-0.2, 0) is 9.53 Å². The molecule has 0 bridgehead atoms. The van der Waals surface area contributed by atoms with Crippen molar-refractivity contribution in [2.45, 2.75) is 46.0 Å². The molecule has 0 radical (unpaired) electrons. The van der Waals surface area contributed by atoms with E-state index in [-0.39, 0.29) is 11.9 Å². The second kappa shape index (κ2) is 9.38. The Bertz CT molecular complexity index is 755. The van der Waals surface area contributed by atoms with Crippen molar-refractivity contribution in [2.24, 2.45) is 0 Å². The van der Waals surface area contributed by atoms with Gasteiger partial charge in [-0.15, -0.1) is 0 Å². The van der Waals surface area contributed by atoms with Crippen molar-refractivity contribution in [1.29, 1.82) is 0 Å². The zero-order valence-electron chi connectivity index (χ0n) is 17.6. The van der Waals surface area contributed by atoms with E-state index in [1.54, 1.807) is 0 Å². The molecule has 3 nitrogen and oxygen atoms in total. The van der Waals surface area contributed by atoms with Gasteiger partial charge >= 0.3 is 5.97 Å². The van der Waals surface area contributed by atoms with Crippen molar-refractivity contribution in [3.63, 3.8) is 0 Å². The minimum atomic E-state index is -0.294. The van der Waals surface area contributed by atoms with Gasteiger partial charge in [-0.25, -0.2) is 0 Å².